The lowest BCUT2D eigenvalue weighted by molar-refractivity contribution is 0.729. The molecule has 9 aromatic heterocycles. The predicted molar refractivity (Wildman–Crippen MR) is 530 cm³/mol. The van der Waals surface area contributed by atoms with E-state index in [4.69, 9.17) is 59.8 Å². The minimum Gasteiger partial charge on any atom is -0.260 e. The molecule has 0 fully saturated rings. The van der Waals surface area contributed by atoms with Crippen LogP contribution in [0.4, 0.5) is 0 Å². The topological polar surface area (TPSA) is 155 Å². The van der Waals surface area contributed by atoms with Gasteiger partial charge in [0, 0.05) is 189 Å². The maximum atomic E-state index is 5.48. The van der Waals surface area contributed by atoms with Gasteiger partial charge in [-0.1, -0.05) is 328 Å². The summed E-state index contributed by atoms with van der Waals surface area (Å²) in [7, 11) is -4.44. The number of fused-ring (bicyclic) bond motifs is 9. The summed E-state index contributed by atoms with van der Waals surface area (Å²) in [5.41, 5.74) is 34.1. The SMILES string of the molecule is CC(Cc1c(-c2ccccc2)nc(-c2ccccc2)nc1-c1ccccc1)c1cc2c(cn1)-c1cnc(-c3cc(-c4cc5c(cn4)-c4cnc(C(C)Cc6c(-c7ccccc7)nc(-c7ccccc7)nc6-c6ccccc6)cc4[SiH2]5)cc(-c4cc5c(cn4)-c4cnc(C(C)Cc6c(-c7ccccc7)nc(-c7ccccc7)nc6-c6ccccc6)cc4[Si]5(C)C)c3)cc1[SiH2]2. The second-order valence-corrected chi connectivity index (χ2v) is 42.9. The molecule has 10 aromatic carbocycles. The van der Waals surface area contributed by atoms with Crippen molar-refractivity contribution in [2.24, 2.45) is 0 Å². The van der Waals surface area contributed by atoms with Crippen molar-refractivity contribution in [1.29, 1.82) is 0 Å². The third kappa shape index (κ3) is 15.0. The molecule has 0 saturated heterocycles. The van der Waals surface area contributed by atoms with Crippen molar-refractivity contribution in [1.82, 2.24) is 59.8 Å². The van der Waals surface area contributed by atoms with Gasteiger partial charge in [0.15, 0.2) is 17.5 Å². The Morgan fingerprint density at radius 1 is 0.227 bits per heavy atom. The zero-order valence-electron chi connectivity index (χ0n) is 71.8. The molecule has 12 nitrogen and oxygen atoms in total. The van der Waals surface area contributed by atoms with Gasteiger partial charge in [0.2, 0.25) is 0 Å². The van der Waals surface area contributed by atoms with E-state index in [1.807, 2.05) is 18.2 Å². The van der Waals surface area contributed by atoms with Crippen molar-refractivity contribution in [3.63, 3.8) is 0 Å². The van der Waals surface area contributed by atoms with E-state index in [2.05, 4.69) is 380 Å². The van der Waals surface area contributed by atoms with E-state index in [1.165, 1.54) is 42.2 Å². The lowest BCUT2D eigenvalue weighted by Gasteiger charge is -2.22. The van der Waals surface area contributed by atoms with Gasteiger partial charge in [-0.25, -0.2) is 29.9 Å². The summed E-state index contributed by atoms with van der Waals surface area (Å²) in [4.78, 5) is 64.8. The maximum absolute atomic E-state index is 5.48. The third-order valence-corrected chi connectivity index (χ3v) is 33.5. The lowest BCUT2D eigenvalue weighted by atomic mass is 9.90. The minimum absolute atomic E-state index is 0.0169. The molecule has 0 bridgehead atoms. The number of rotatable bonds is 21. The van der Waals surface area contributed by atoms with Crippen LogP contribution in [-0.4, -0.2) is 86.9 Å². The van der Waals surface area contributed by atoms with Gasteiger partial charge in [0.25, 0.3) is 0 Å². The molecule has 12 heterocycles. The molecule has 3 atom stereocenters. The molecule has 0 N–H and O–H groups in total. The van der Waals surface area contributed by atoms with Crippen molar-refractivity contribution >= 4 is 58.2 Å². The molecule has 19 aromatic rings. The fraction of sp³-hybridized carbons (Fsp3) is 0.0973. The maximum Gasteiger partial charge on any atom is 0.160 e. The zero-order chi connectivity index (χ0) is 85.9. The van der Waals surface area contributed by atoms with Crippen molar-refractivity contribution in [2.75, 3.05) is 0 Å². The van der Waals surface area contributed by atoms with Crippen LogP contribution in [0.15, 0.2) is 365 Å². The fourth-order valence-corrected chi connectivity index (χ4v) is 26.3. The van der Waals surface area contributed by atoms with E-state index in [-0.39, 0.29) is 17.8 Å². The summed E-state index contributed by atoms with van der Waals surface area (Å²) < 4.78 is 0. The monoisotopic (exact) mass is 1700 g/mol. The van der Waals surface area contributed by atoms with Gasteiger partial charge in [0.1, 0.15) is 8.07 Å². The van der Waals surface area contributed by atoms with Gasteiger partial charge in [-0.3, -0.25) is 29.9 Å². The van der Waals surface area contributed by atoms with Gasteiger partial charge in [-0.15, -0.1) is 0 Å². The van der Waals surface area contributed by atoms with E-state index in [0.717, 1.165) is 174 Å². The number of hydrogen-bond acceptors (Lipinski definition) is 12. The van der Waals surface area contributed by atoms with Crippen LogP contribution < -0.4 is 31.1 Å². The smallest absolute Gasteiger partial charge is 0.160 e. The average molecular weight is 1700 g/mol. The second kappa shape index (κ2) is 33.5. The van der Waals surface area contributed by atoms with Gasteiger partial charge in [0.05, 0.1) is 70.3 Å². The molecule has 0 amide bonds. The van der Waals surface area contributed by atoms with Crippen LogP contribution in [0.25, 0.3) is 169 Å². The largest absolute Gasteiger partial charge is 0.260 e. The number of pyridine rings is 6. The van der Waals surface area contributed by atoms with E-state index in [0.29, 0.717) is 36.7 Å². The second-order valence-electron chi connectivity index (χ2n) is 34.8. The molecule has 3 aliphatic rings. The average Bonchev–Trinajstić information content (AvgIpc) is 1.56. The van der Waals surface area contributed by atoms with Crippen LogP contribution in [0.5, 0.6) is 0 Å². The highest BCUT2D eigenvalue weighted by molar-refractivity contribution is 7.03. The highest BCUT2D eigenvalue weighted by Crippen LogP contribution is 2.43. The van der Waals surface area contributed by atoms with Crippen molar-refractivity contribution in [2.45, 2.75) is 70.9 Å². The number of hydrogen-bond donors (Lipinski definition) is 0. The normalized spacial score (nSPS) is 13.6. The van der Waals surface area contributed by atoms with Crippen LogP contribution in [0.1, 0.15) is 72.3 Å². The molecule has 128 heavy (non-hydrogen) atoms. The van der Waals surface area contributed by atoms with Crippen LogP contribution >= 0.6 is 0 Å². The molecular formula is C113H88N12Si3. The first-order chi connectivity index (χ1) is 62.9. The third-order valence-electron chi connectivity index (χ3n) is 26.1. The highest BCUT2D eigenvalue weighted by Gasteiger charge is 2.40. The summed E-state index contributed by atoms with van der Waals surface area (Å²) in [5.74, 6) is 2.20. The van der Waals surface area contributed by atoms with Crippen LogP contribution in [0.3, 0.4) is 0 Å². The Hall–Kier alpha value is -15.0. The Bertz CT molecular complexity index is 6990. The first-order valence-electron chi connectivity index (χ1n) is 44.2. The lowest BCUT2D eigenvalue weighted by Crippen LogP contribution is -2.49. The number of aromatic nitrogens is 12. The van der Waals surface area contributed by atoms with Crippen molar-refractivity contribution in [3.05, 3.63) is 399 Å². The van der Waals surface area contributed by atoms with Crippen molar-refractivity contribution in [3.8, 4) is 169 Å². The molecule has 3 aliphatic heterocycles. The quantitative estimate of drug-likeness (QED) is 0.0629. The molecule has 0 spiro atoms. The zero-order valence-corrected chi connectivity index (χ0v) is 75.6. The summed E-state index contributed by atoms with van der Waals surface area (Å²) in [5, 5.41) is 8.15. The Kier molecular flexibility index (Phi) is 20.6. The van der Waals surface area contributed by atoms with Gasteiger partial charge in [-0.2, -0.15) is 0 Å². The summed E-state index contributed by atoms with van der Waals surface area (Å²) >= 11 is 0. The standard InChI is InChI=1S/C113H88N12Si3/c1-69(51-84-105(72-33-15-6-16-34-72)120-111(78-45-27-12-28-46-78)121-106(84)73-35-17-7-18-36-73)93-57-99-87(63-114-93)89-65-117-96(59-101(89)126-99)81-54-82(97-60-102-90(66-118-97)88-64-115-94(58-100(88)127-102)70(2)52-85-107(74-37-19-8-20-38-74)122-112(79-47-29-13-30-48-79)123-108(85)75-39-21-9-22-40-75)56-83(55-81)98-62-104-92(68-119-98)91-67-116-95(61-103(91)128(104,4)5)71(3)53-86-109(76-41-23-10-24-42-76)124-113(80-49-31-14-32-50-80)125-110(86)77-43-25-11-26-44-77/h6-50,54-71H,51-53,126-127H2,1-5H3. The summed E-state index contributed by atoms with van der Waals surface area (Å²) in [6.07, 6.45) is 14.7. The molecule has 0 saturated carbocycles. The van der Waals surface area contributed by atoms with Gasteiger partial charge in [-0.05, 0) is 84.2 Å². The van der Waals surface area contributed by atoms with Gasteiger partial charge < -0.3 is 0 Å². The Balaban J connectivity index is 0.599. The first kappa shape index (κ1) is 78.9. The minimum atomic E-state index is -2.43. The van der Waals surface area contributed by atoms with E-state index < -0.39 is 27.1 Å². The molecule has 0 radical (unpaired) electrons. The summed E-state index contributed by atoms with van der Waals surface area (Å²) in [6.45, 7) is 11.9. The van der Waals surface area contributed by atoms with E-state index >= 15 is 0 Å². The predicted octanol–water partition coefficient (Wildman–Crippen LogP) is 20.5. The molecule has 3 unspecified atom stereocenters. The first-order valence-corrected chi connectivity index (χ1v) is 50.1. The summed E-state index contributed by atoms with van der Waals surface area (Å²) in [6, 6.07) is 116. The van der Waals surface area contributed by atoms with Crippen LogP contribution in [0, 0.1) is 0 Å². The Morgan fingerprint density at radius 3 is 0.727 bits per heavy atom. The molecule has 612 valence electrons. The van der Waals surface area contributed by atoms with Crippen LogP contribution in [-0.2, 0) is 19.3 Å². The van der Waals surface area contributed by atoms with Gasteiger partial charge >= 0.3 is 0 Å². The Labute approximate surface area is 751 Å². The van der Waals surface area contributed by atoms with Crippen LogP contribution in [0.2, 0.25) is 13.1 Å². The van der Waals surface area contributed by atoms with E-state index in [1.54, 1.807) is 0 Å². The van der Waals surface area contributed by atoms with Crippen molar-refractivity contribution < 1.29 is 0 Å². The molecule has 15 heteroatoms. The molecular weight excluding hydrogens is 1610 g/mol. The van der Waals surface area contributed by atoms with E-state index in [9.17, 15) is 0 Å². The fourth-order valence-electron chi connectivity index (χ4n) is 19.3. The molecule has 0 aliphatic carbocycles. The Morgan fingerprint density at radius 2 is 0.445 bits per heavy atom. The molecule has 22 rings (SSSR count). The number of benzene rings is 10. The highest BCUT2D eigenvalue weighted by atomic mass is 28.3. The number of nitrogens with zero attached hydrogens (tertiary/aromatic N) is 12.